The number of benzene rings is 1. The number of halogens is 1. The summed E-state index contributed by atoms with van der Waals surface area (Å²) in [5, 5.41) is 1.97. The maximum absolute atomic E-state index is 12.9. The van der Waals surface area contributed by atoms with Crippen molar-refractivity contribution in [1.82, 2.24) is 4.90 Å². The zero-order chi connectivity index (χ0) is 13.4. The highest BCUT2D eigenvalue weighted by molar-refractivity contribution is 7.10. The molecule has 1 amide bonds. The van der Waals surface area contributed by atoms with Crippen LogP contribution in [0.1, 0.15) is 16.5 Å². The van der Waals surface area contributed by atoms with E-state index in [0.29, 0.717) is 6.54 Å². The molecule has 3 rings (SSSR count). The summed E-state index contributed by atoms with van der Waals surface area (Å²) >= 11 is 1.60. The van der Waals surface area contributed by atoms with Gasteiger partial charge in [-0.2, -0.15) is 0 Å². The largest absolute Gasteiger partial charge is 0.327 e. The molecule has 0 unspecified atom stereocenters. The zero-order valence-electron chi connectivity index (χ0n) is 10.1. The first kappa shape index (κ1) is 12.3. The SMILES string of the molecule is N[C@@H]1C(=O)N(Cc2ccc(F)cc2)[C@H]1c1cccs1. The number of nitrogens with zero attached hydrogens (tertiary/aromatic N) is 1. The standard InChI is InChI=1S/C14H13FN2OS/c15-10-5-3-9(4-6-10)8-17-13(12(16)14(17)18)11-2-1-7-19-11/h1-7,12-13H,8,16H2/t12-,13-/m0/s1. The molecule has 19 heavy (non-hydrogen) atoms. The van der Waals surface area contributed by atoms with Crippen LogP contribution < -0.4 is 5.73 Å². The topological polar surface area (TPSA) is 46.3 Å². The summed E-state index contributed by atoms with van der Waals surface area (Å²) in [5.41, 5.74) is 6.79. The molecule has 1 aliphatic rings. The quantitative estimate of drug-likeness (QED) is 0.874. The first-order valence-electron chi connectivity index (χ1n) is 6.01. The highest BCUT2D eigenvalue weighted by Gasteiger charge is 2.45. The Hall–Kier alpha value is -1.72. The lowest BCUT2D eigenvalue weighted by Gasteiger charge is -2.45. The van der Waals surface area contributed by atoms with Crippen molar-refractivity contribution in [2.45, 2.75) is 18.6 Å². The van der Waals surface area contributed by atoms with Crippen LogP contribution in [0.4, 0.5) is 4.39 Å². The first-order chi connectivity index (χ1) is 9.16. The van der Waals surface area contributed by atoms with Gasteiger partial charge in [0.15, 0.2) is 0 Å². The third kappa shape index (κ3) is 2.15. The minimum absolute atomic E-state index is 0.0530. The molecule has 1 fully saturated rings. The van der Waals surface area contributed by atoms with E-state index >= 15 is 0 Å². The molecule has 1 aliphatic heterocycles. The van der Waals surface area contributed by atoms with Crippen molar-refractivity contribution in [2.75, 3.05) is 0 Å². The predicted molar refractivity (Wildman–Crippen MR) is 72.0 cm³/mol. The molecule has 0 spiro atoms. The van der Waals surface area contributed by atoms with Crippen molar-refractivity contribution in [3.05, 3.63) is 58.0 Å². The molecule has 2 N–H and O–H groups in total. The molecule has 2 atom stereocenters. The monoisotopic (exact) mass is 276 g/mol. The molecule has 0 saturated carbocycles. The molecule has 2 aromatic rings. The molecule has 5 heteroatoms. The van der Waals surface area contributed by atoms with Gasteiger partial charge in [0.2, 0.25) is 5.91 Å². The maximum Gasteiger partial charge on any atom is 0.242 e. The normalized spacial score (nSPS) is 22.4. The lowest BCUT2D eigenvalue weighted by atomic mass is 9.93. The predicted octanol–water partition coefficient (Wildman–Crippen LogP) is 2.30. The Morgan fingerprint density at radius 2 is 2.00 bits per heavy atom. The molecule has 0 bridgehead atoms. The van der Waals surface area contributed by atoms with Crippen molar-refractivity contribution in [3.8, 4) is 0 Å². The Balaban J connectivity index is 1.79. The van der Waals surface area contributed by atoms with Crippen molar-refractivity contribution in [1.29, 1.82) is 0 Å². The number of rotatable bonds is 3. The fraction of sp³-hybridized carbons (Fsp3) is 0.214. The molecule has 2 heterocycles. The zero-order valence-corrected chi connectivity index (χ0v) is 10.9. The molecule has 0 aliphatic carbocycles. The van der Waals surface area contributed by atoms with Crippen LogP contribution in [0.2, 0.25) is 0 Å². The van der Waals surface area contributed by atoms with Gasteiger partial charge in [0.1, 0.15) is 11.9 Å². The van der Waals surface area contributed by atoms with Gasteiger partial charge in [0, 0.05) is 11.4 Å². The van der Waals surface area contributed by atoms with E-state index in [-0.39, 0.29) is 17.8 Å². The molecule has 1 saturated heterocycles. The van der Waals surface area contributed by atoms with Crippen molar-refractivity contribution >= 4 is 17.2 Å². The average Bonchev–Trinajstić information content (AvgIpc) is 2.93. The van der Waals surface area contributed by atoms with Gasteiger partial charge in [-0.05, 0) is 29.1 Å². The van der Waals surface area contributed by atoms with Crippen LogP contribution in [0.15, 0.2) is 41.8 Å². The molecule has 0 radical (unpaired) electrons. The van der Waals surface area contributed by atoms with E-state index in [1.54, 1.807) is 28.4 Å². The van der Waals surface area contributed by atoms with Crippen LogP contribution in [0.3, 0.4) is 0 Å². The third-order valence-electron chi connectivity index (χ3n) is 3.35. The molecular weight excluding hydrogens is 263 g/mol. The Morgan fingerprint density at radius 1 is 1.26 bits per heavy atom. The molecule has 3 nitrogen and oxygen atoms in total. The number of likely N-dealkylation sites (tertiary alicyclic amines) is 1. The summed E-state index contributed by atoms with van der Waals surface area (Å²) in [6.07, 6.45) is 0. The van der Waals surface area contributed by atoms with Gasteiger partial charge in [-0.15, -0.1) is 11.3 Å². The Morgan fingerprint density at radius 3 is 2.63 bits per heavy atom. The number of nitrogens with two attached hydrogens (primary N) is 1. The molecule has 98 valence electrons. The second-order valence-electron chi connectivity index (χ2n) is 4.58. The molecule has 1 aromatic heterocycles. The van der Waals surface area contributed by atoms with E-state index < -0.39 is 6.04 Å². The summed E-state index contributed by atoms with van der Waals surface area (Å²) in [6.45, 7) is 0.468. The summed E-state index contributed by atoms with van der Waals surface area (Å²) in [7, 11) is 0. The van der Waals surface area contributed by atoms with E-state index in [1.807, 2.05) is 17.5 Å². The minimum Gasteiger partial charge on any atom is -0.327 e. The number of carbonyl (C=O) groups is 1. The van der Waals surface area contributed by atoms with Gasteiger partial charge in [0.05, 0.1) is 6.04 Å². The minimum atomic E-state index is -0.459. The van der Waals surface area contributed by atoms with E-state index in [1.165, 1.54) is 12.1 Å². The van der Waals surface area contributed by atoms with Gasteiger partial charge in [-0.25, -0.2) is 4.39 Å². The maximum atomic E-state index is 12.9. The van der Waals surface area contributed by atoms with E-state index in [0.717, 1.165) is 10.4 Å². The van der Waals surface area contributed by atoms with Gasteiger partial charge in [-0.1, -0.05) is 18.2 Å². The third-order valence-corrected chi connectivity index (χ3v) is 4.29. The summed E-state index contributed by atoms with van der Waals surface area (Å²) in [6, 6.07) is 9.61. The summed E-state index contributed by atoms with van der Waals surface area (Å²) < 4.78 is 12.9. The van der Waals surface area contributed by atoms with Crippen LogP contribution in [-0.4, -0.2) is 16.8 Å². The number of carbonyl (C=O) groups excluding carboxylic acids is 1. The highest BCUT2D eigenvalue weighted by atomic mass is 32.1. The van der Waals surface area contributed by atoms with Crippen LogP contribution in [0, 0.1) is 5.82 Å². The fourth-order valence-electron chi connectivity index (χ4n) is 2.33. The van der Waals surface area contributed by atoms with Crippen molar-refractivity contribution < 1.29 is 9.18 Å². The van der Waals surface area contributed by atoms with Gasteiger partial charge < -0.3 is 10.6 Å². The summed E-state index contributed by atoms with van der Waals surface area (Å²) in [4.78, 5) is 14.7. The van der Waals surface area contributed by atoms with E-state index in [2.05, 4.69) is 0 Å². The number of thiophene rings is 1. The second kappa shape index (κ2) is 4.75. The Labute approximate surface area is 114 Å². The lowest BCUT2D eigenvalue weighted by Crippen LogP contribution is -2.62. The fourth-order valence-corrected chi connectivity index (χ4v) is 3.21. The van der Waals surface area contributed by atoms with Gasteiger partial charge in [-0.3, -0.25) is 4.79 Å². The van der Waals surface area contributed by atoms with Gasteiger partial charge in [0.25, 0.3) is 0 Å². The lowest BCUT2D eigenvalue weighted by molar-refractivity contribution is -0.150. The molecular formula is C14H13FN2OS. The average molecular weight is 276 g/mol. The van der Waals surface area contributed by atoms with E-state index in [9.17, 15) is 9.18 Å². The first-order valence-corrected chi connectivity index (χ1v) is 6.88. The van der Waals surface area contributed by atoms with Gasteiger partial charge >= 0.3 is 0 Å². The van der Waals surface area contributed by atoms with Crippen molar-refractivity contribution in [2.24, 2.45) is 5.73 Å². The second-order valence-corrected chi connectivity index (χ2v) is 5.56. The number of amides is 1. The number of hydrogen-bond donors (Lipinski definition) is 1. The number of β-lactam (4-membered cyclic amide) rings is 1. The Bertz CT molecular complexity index is 582. The van der Waals surface area contributed by atoms with Crippen LogP contribution in [-0.2, 0) is 11.3 Å². The van der Waals surface area contributed by atoms with Crippen LogP contribution in [0.5, 0.6) is 0 Å². The summed E-state index contributed by atoms with van der Waals surface area (Å²) in [5.74, 6) is -0.326. The van der Waals surface area contributed by atoms with Crippen LogP contribution >= 0.6 is 11.3 Å². The molecule has 1 aromatic carbocycles. The number of hydrogen-bond acceptors (Lipinski definition) is 3. The smallest absolute Gasteiger partial charge is 0.242 e. The van der Waals surface area contributed by atoms with E-state index in [4.69, 9.17) is 5.73 Å². The highest BCUT2D eigenvalue weighted by Crippen LogP contribution is 2.37. The Kier molecular flexibility index (Phi) is 3.08. The van der Waals surface area contributed by atoms with Crippen LogP contribution in [0.25, 0.3) is 0 Å². The van der Waals surface area contributed by atoms with Crippen molar-refractivity contribution in [3.63, 3.8) is 0 Å².